The van der Waals surface area contributed by atoms with Crippen molar-refractivity contribution in [2.75, 3.05) is 55.7 Å². The molecule has 4 aromatic carbocycles. The molecule has 0 bridgehead atoms. The fourth-order valence-electron chi connectivity index (χ4n) is 8.61. The third kappa shape index (κ3) is 6.11. The lowest BCUT2D eigenvalue weighted by molar-refractivity contribution is 0.157. The summed E-state index contributed by atoms with van der Waals surface area (Å²) >= 11 is 0. The molecule has 8 rings (SSSR count). The Labute approximate surface area is 301 Å². The minimum atomic E-state index is 0.288. The summed E-state index contributed by atoms with van der Waals surface area (Å²) in [6.07, 6.45) is 3.94. The van der Waals surface area contributed by atoms with Crippen molar-refractivity contribution < 1.29 is 28.4 Å². The quantitative estimate of drug-likeness (QED) is 0.192. The van der Waals surface area contributed by atoms with E-state index in [-0.39, 0.29) is 6.04 Å². The lowest BCUT2D eigenvalue weighted by Crippen LogP contribution is -2.39. The Morgan fingerprint density at radius 2 is 1.04 bits per heavy atom. The van der Waals surface area contributed by atoms with Crippen LogP contribution in [0, 0.1) is 13.5 Å². The standard InChI is InChI=1S/C21H22N2O3.C21H25NO3/c1-22-17-11-15-14(10-20(17)25-3)7-8-23-12-16-13(9-18(15)23)5-6-19(24-2)21(16)26-4;1-13-9-16-15(11-20(13)24-3)7-8-22-12-17-14(10-18(16)22)5-6-19(23-2)21(17)25-4/h5-6,10-11,18H,7-9,12H2,2-4H3;5-6,9,11,18H,7-8,10,12H2,1-4H3/t2*18-/m00/s1. The molecule has 266 valence electrons. The molecule has 0 aromatic heterocycles. The minimum Gasteiger partial charge on any atom is -0.508 e. The molecule has 0 fully saturated rings. The molecule has 51 heavy (non-hydrogen) atoms. The Balaban J connectivity index is 0.000000159. The number of aryl methyl sites for hydroxylation is 1. The van der Waals surface area contributed by atoms with E-state index in [1.807, 2.05) is 24.3 Å². The first kappa shape index (κ1) is 34.5. The Kier molecular flexibility index (Phi) is 9.73. The first-order valence-corrected chi connectivity index (χ1v) is 17.5. The minimum absolute atomic E-state index is 0.288. The van der Waals surface area contributed by atoms with Crippen molar-refractivity contribution in [3.05, 3.63) is 110 Å². The summed E-state index contributed by atoms with van der Waals surface area (Å²) < 4.78 is 33.2. The van der Waals surface area contributed by atoms with Crippen molar-refractivity contribution in [3.8, 4) is 34.5 Å². The van der Waals surface area contributed by atoms with Crippen LogP contribution in [0.25, 0.3) is 4.85 Å². The van der Waals surface area contributed by atoms with Gasteiger partial charge in [0.2, 0.25) is 5.69 Å². The summed E-state index contributed by atoms with van der Waals surface area (Å²) in [6.45, 7) is 13.4. The molecule has 0 amide bonds. The topological polar surface area (TPSA) is 66.2 Å². The van der Waals surface area contributed by atoms with E-state index >= 15 is 0 Å². The van der Waals surface area contributed by atoms with Gasteiger partial charge in [-0.1, -0.05) is 18.2 Å². The molecule has 9 heteroatoms. The van der Waals surface area contributed by atoms with E-state index in [1.165, 1.54) is 50.1 Å². The maximum absolute atomic E-state index is 7.45. The fourth-order valence-corrected chi connectivity index (χ4v) is 8.61. The van der Waals surface area contributed by atoms with Gasteiger partial charge in [-0.3, -0.25) is 9.80 Å². The van der Waals surface area contributed by atoms with Crippen LogP contribution in [0.1, 0.15) is 62.2 Å². The number of methoxy groups -OCH3 is 6. The fraction of sp³-hybridized carbons (Fsp3) is 0.405. The van der Waals surface area contributed by atoms with Crippen LogP contribution in [0.3, 0.4) is 0 Å². The van der Waals surface area contributed by atoms with Crippen LogP contribution in [0.5, 0.6) is 34.5 Å². The summed E-state index contributed by atoms with van der Waals surface area (Å²) in [5.74, 6) is 4.99. The summed E-state index contributed by atoms with van der Waals surface area (Å²) in [4.78, 5) is 8.70. The second kappa shape index (κ2) is 14.4. The predicted octanol–water partition coefficient (Wildman–Crippen LogP) is 7.60. The number of hydrogen-bond acceptors (Lipinski definition) is 8. The lowest BCUT2D eigenvalue weighted by Gasteiger charge is -2.42. The first-order valence-electron chi connectivity index (χ1n) is 17.5. The van der Waals surface area contributed by atoms with Gasteiger partial charge in [-0.15, -0.1) is 0 Å². The molecule has 4 aromatic rings. The molecule has 4 aliphatic rings. The number of hydrogen-bond donors (Lipinski definition) is 0. The maximum atomic E-state index is 7.45. The maximum Gasteiger partial charge on any atom is 0.228 e. The summed E-state index contributed by atoms with van der Waals surface area (Å²) in [5.41, 5.74) is 12.3. The predicted molar refractivity (Wildman–Crippen MR) is 197 cm³/mol. The van der Waals surface area contributed by atoms with Gasteiger partial charge in [-0.2, -0.15) is 0 Å². The second-order valence-corrected chi connectivity index (χ2v) is 13.6. The van der Waals surface area contributed by atoms with Crippen molar-refractivity contribution in [1.82, 2.24) is 9.80 Å². The molecule has 0 radical (unpaired) electrons. The van der Waals surface area contributed by atoms with Crippen LogP contribution in [0.15, 0.2) is 48.5 Å². The Bertz CT molecular complexity index is 2000. The van der Waals surface area contributed by atoms with E-state index in [9.17, 15) is 0 Å². The van der Waals surface area contributed by atoms with Gasteiger partial charge < -0.3 is 28.4 Å². The van der Waals surface area contributed by atoms with E-state index in [2.05, 4.69) is 45.8 Å². The zero-order valence-corrected chi connectivity index (χ0v) is 30.7. The largest absolute Gasteiger partial charge is 0.508 e. The van der Waals surface area contributed by atoms with Crippen LogP contribution in [0.2, 0.25) is 0 Å². The molecule has 4 heterocycles. The van der Waals surface area contributed by atoms with E-state index in [4.69, 9.17) is 35.0 Å². The Morgan fingerprint density at radius 3 is 1.49 bits per heavy atom. The smallest absolute Gasteiger partial charge is 0.228 e. The first-order chi connectivity index (χ1) is 24.8. The monoisotopic (exact) mass is 689 g/mol. The molecular weight excluding hydrogens is 642 g/mol. The highest BCUT2D eigenvalue weighted by Gasteiger charge is 2.36. The SMILES string of the molecule is COc1cc2c(cc1C)[C@@H]1Cc3ccc(OC)c(OC)c3CN1CC2.[C-]#[N+]c1cc2c(cc1OC)CCN1Cc3c(ccc(OC)c3OC)C[C@@H]21. The van der Waals surface area contributed by atoms with Crippen LogP contribution in [-0.2, 0) is 38.8 Å². The number of fused-ring (bicyclic) bond motifs is 8. The Hall–Kier alpha value is -4.91. The van der Waals surface area contributed by atoms with Crippen molar-refractivity contribution in [2.45, 2.75) is 57.8 Å². The molecule has 0 N–H and O–H groups in total. The molecule has 0 saturated heterocycles. The van der Waals surface area contributed by atoms with Crippen molar-refractivity contribution in [1.29, 1.82) is 0 Å². The normalized spacial score (nSPS) is 18.5. The van der Waals surface area contributed by atoms with Crippen LogP contribution in [-0.4, -0.2) is 65.5 Å². The average molecular weight is 690 g/mol. The van der Waals surface area contributed by atoms with Gasteiger partial charge in [0.25, 0.3) is 0 Å². The van der Waals surface area contributed by atoms with Gasteiger partial charge >= 0.3 is 0 Å². The molecule has 0 aliphatic carbocycles. The van der Waals surface area contributed by atoms with E-state index in [0.29, 0.717) is 17.5 Å². The van der Waals surface area contributed by atoms with Gasteiger partial charge in [0.1, 0.15) is 11.5 Å². The van der Waals surface area contributed by atoms with Gasteiger partial charge in [-0.05, 0) is 102 Å². The number of ether oxygens (including phenoxy) is 6. The zero-order valence-electron chi connectivity index (χ0n) is 30.7. The van der Waals surface area contributed by atoms with Crippen LogP contribution < -0.4 is 28.4 Å². The number of nitrogens with zero attached hydrogens (tertiary/aromatic N) is 3. The molecule has 0 spiro atoms. The van der Waals surface area contributed by atoms with Crippen molar-refractivity contribution in [2.24, 2.45) is 0 Å². The number of benzene rings is 4. The van der Waals surface area contributed by atoms with Crippen molar-refractivity contribution >= 4 is 5.69 Å². The zero-order chi connectivity index (χ0) is 35.8. The molecular formula is C42H47N3O6. The number of rotatable bonds is 6. The molecule has 9 nitrogen and oxygen atoms in total. The third-order valence-electron chi connectivity index (χ3n) is 11.2. The van der Waals surface area contributed by atoms with Gasteiger partial charge in [0.05, 0.1) is 49.2 Å². The highest BCUT2D eigenvalue weighted by molar-refractivity contribution is 5.63. The lowest BCUT2D eigenvalue weighted by atomic mass is 9.83. The van der Waals surface area contributed by atoms with Crippen molar-refractivity contribution in [3.63, 3.8) is 0 Å². The average Bonchev–Trinajstić information content (AvgIpc) is 3.17. The van der Waals surface area contributed by atoms with Crippen LogP contribution in [0.4, 0.5) is 5.69 Å². The molecule has 4 aliphatic heterocycles. The highest BCUT2D eigenvalue weighted by Crippen LogP contribution is 2.47. The van der Waals surface area contributed by atoms with Gasteiger partial charge in [0, 0.05) is 49.4 Å². The van der Waals surface area contributed by atoms with E-state index in [1.54, 1.807) is 42.7 Å². The summed E-state index contributed by atoms with van der Waals surface area (Å²) in [6, 6.07) is 17.7. The van der Waals surface area contributed by atoms with E-state index in [0.717, 1.165) is 80.6 Å². The van der Waals surface area contributed by atoms with Crippen LogP contribution >= 0.6 is 0 Å². The molecule has 0 unspecified atom stereocenters. The molecule has 0 saturated carbocycles. The van der Waals surface area contributed by atoms with E-state index < -0.39 is 0 Å². The van der Waals surface area contributed by atoms with Gasteiger partial charge in [-0.25, -0.2) is 4.85 Å². The third-order valence-corrected chi connectivity index (χ3v) is 11.2. The second-order valence-electron chi connectivity index (χ2n) is 13.6. The molecule has 2 atom stereocenters. The van der Waals surface area contributed by atoms with Gasteiger partial charge in [0.15, 0.2) is 23.0 Å². The summed E-state index contributed by atoms with van der Waals surface area (Å²) in [5, 5.41) is 0. The highest BCUT2D eigenvalue weighted by atomic mass is 16.5. The summed E-state index contributed by atoms with van der Waals surface area (Å²) in [7, 11) is 10.2. The Morgan fingerprint density at radius 1 is 0.569 bits per heavy atom.